The quantitative estimate of drug-likeness (QED) is 0.196. The second-order valence-corrected chi connectivity index (χ2v) is 12.3. The molecule has 2 heterocycles. The molecule has 0 radical (unpaired) electrons. The van der Waals surface area contributed by atoms with Crippen molar-refractivity contribution >= 4 is 55.1 Å². The van der Waals surface area contributed by atoms with Crippen LogP contribution in [0.15, 0.2) is 82.8 Å². The third-order valence-corrected chi connectivity index (χ3v) is 8.20. The van der Waals surface area contributed by atoms with Gasteiger partial charge in [-0.05, 0) is 74.5 Å². The van der Waals surface area contributed by atoms with Crippen LogP contribution >= 0.6 is 0 Å². The van der Waals surface area contributed by atoms with Crippen molar-refractivity contribution in [2.24, 2.45) is 0 Å². The fraction of sp³-hybridized carbons (Fsp3) is 0.154. The van der Waals surface area contributed by atoms with Crippen molar-refractivity contribution in [1.29, 1.82) is 0 Å². The number of sulfonamides is 2. The summed E-state index contributed by atoms with van der Waals surface area (Å²) >= 11 is 0. The summed E-state index contributed by atoms with van der Waals surface area (Å²) in [5.74, 6) is -1.04. The van der Waals surface area contributed by atoms with Crippen LogP contribution in [0.5, 0.6) is 0 Å². The van der Waals surface area contributed by atoms with Gasteiger partial charge >= 0.3 is 0 Å². The molecule has 4 aromatic rings. The van der Waals surface area contributed by atoms with Crippen molar-refractivity contribution in [3.8, 4) is 0 Å². The first-order valence-electron chi connectivity index (χ1n) is 12.3. The molecule has 4 rings (SSSR count). The van der Waals surface area contributed by atoms with Crippen molar-refractivity contribution in [3.05, 3.63) is 84.4 Å². The third kappa shape index (κ3) is 8.28. The number of benzene rings is 2. The van der Waals surface area contributed by atoms with Gasteiger partial charge in [0.1, 0.15) is 0 Å². The molecule has 0 bridgehead atoms. The standard InChI is InChI=1S/C26H26N8O6S2/c1-17-13-15-27-25(29-17)33-41(37,38)21-7-3-19(4-8-21)31-23(35)11-12-24(36)32-20-5-9-22(10-6-20)42(39,40)34-26-28-16-14-18(2)30-26/h3-10,13-16H,11-12H2,1-2H3,(H,31,35)(H,32,36)(H,27,29,33)(H,28,30,34). The van der Waals surface area contributed by atoms with E-state index in [1.54, 1.807) is 26.0 Å². The summed E-state index contributed by atoms with van der Waals surface area (Å²) < 4.78 is 54.8. The topological polar surface area (TPSA) is 202 Å². The second kappa shape index (κ2) is 12.7. The van der Waals surface area contributed by atoms with Crippen LogP contribution in [0.4, 0.5) is 23.3 Å². The van der Waals surface area contributed by atoms with Gasteiger partial charge in [0.25, 0.3) is 20.0 Å². The van der Waals surface area contributed by atoms with Crippen LogP contribution in [0, 0.1) is 13.8 Å². The van der Waals surface area contributed by atoms with E-state index in [0.29, 0.717) is 22.8 Å². The number of anilines is 4. The van der Waals surface area contributed by atoms with Gasteiger partial charge in [-0.25, -0.2) is 46.2 Å². The molecule has 0 aliphatic rings. The number of hydrogen-bond donors (Lipinski definition) is 4. The van der Waals surface area contributed by atoms with E-state index in [-0.39, 0.29) is 34.5 Å². The number of aryl methyl sites for hydroxylation is 2. The number of hydrogen-bond acceptors (Lipinski definition) is 10. The summed E-state index contributed by atoms with van der Waals surface area (Å²) in [4.78, 5) is 40.3. The van der Waals surface area contributed by atoms with Crippen LogP contribution in [-0.4, -0.2) is 48.6 Å². The first-order chi connectivity index (χ1) is 19.9. The third-order valence-electron chi connectivity index (χ3n) is 5.52. The number of carbonyl (C=O) groups is 2. The van der Waals surface area contributed by atoms with Crippen LogP contribution in [0.25, 0.3) is 0 Å². The van der Waals surface area contributed by atoms with E-state index in [2.05, 4.69) is 40.0 Å². The molecule has 2 amide bonds. The van der Waals surface area contributed by atoms with Gasteiger partial charge in [0, 0.05) is 48.0 Å². The van der Waals surface area contributed by atoms with E-state index in [1.807, 2.05) is 0 Å². The number of nitrogens with zero attached hydrogens (tertiary/aromatic N) is 4. The molecule has 42 heavy (non-hydrogen) atoms. The van der Waals surface area contributed by atoms with Gasteiger partial charge in [0.2, 0.25) is 23.7 Å². The van der Waals surface area contributed by atoms with Crippen molar-refractivity contribution in [2.45, 2.75) is 36.5 Å². The molecule has 0 unspecified atom stereocenters. The van der Waals surface area contributed by atoms with E-state index in [0.717, 1.165) is 0 Å². The van der Waals surface area contributed by atoms with E-state index >= 15 is 0 Å². The Morgan fingerprint density at radius 1 is 0.595 bits per heavy atom. The van der Waals surface area contributed by atoms with Crippen molar-refractivity contribution in [2.75, 3.05) is 20.1 Å². The molecule has 0 aliphatic carbocycles. The highest BCUT2D eigenvalue weighted by atomic mass is 32.2. The highest BCUT2D eigenvalue weighted by molar-refractivity contribution is 7.93. The molecule has 0 fully saturated rings. The maximum Gasteiger partial charge on any atom is 0.264 e. The van der Waals surface area contributed by atoms with Crippen LogP contribution in [0.2, 0.25) is 0 Å². The SMILES string of the molecule is Cc1ccnc(NS(=O)(=O)c2ccc(NC(=O)CCC(=O)Nc3ccc(S(=O)(=O)Nc4nccc(C)n4)cc3)cc2)n1. The van der Waals surface area contributed by atoms with Crippen molar-refractivity contribution in [1.82, 2.24) is 19.9 Å². The average Bonchev–Trinajstić information content (AvgIpc) is 2.92. The number of nitrogens with one attached hydrogen (secondary N) is 4. The molecule has 14 nitrogen and oxygen atoms in total. The number of carbonyl (C=O) groups excluding carboxylic acids is 2. The average molecular weight is 611 g/mol. The summed E-state index contributed by atoms with van der Waals surface area (Å²) in [5, 5.41) is 5.20. The van der Waals surface area contributed by atoms with Crippen LogP contribution in [-0.2, 0) is 29.6 Å². The molecule has 2 aromatic heterocycles. The molecular weight excluding hydrogens is 584 g/mol. The first kappa shape index (κ1) is 30.0. The number of aromatic nitrogens is 4. The minimum absolute atomic E-state index is 0.0527. The fourth-order valence-electron chi connectivity index (χ4n) is 3.46. The second-order valence-electron chi connectivity index (χ2n) is 8.90. The predicted molar refractivity (Wildman–Crippen MR) is 155 cm³/mol. The molecule has 218 valence electrons. The van der Waals surface area contributed by atoms with E-state index in [9.17, 15) is 26.4 Å². The minimum atomic E-state index is -3.94. The molecule has 0 saturated heterocycles. The summed E-state index contributed by atoms with van der Waals surface area (Å²) in [6, 6.07) is 14.2. The Kier molecular flexibility index (Phi) is 9.07. The van der Waals surface area contributed by atoms with Gasteiger partial charge in [-0.1, -0.05) is 0 Å². The van der Waals surface area contributed by atoms with Crippen LogP contribution < -0.4 is 20.1 Å². The normalized spacial score (nSPS) is 11.4. The molecule has 4 N–H and O–H groups in total. The lowest BCUT2D eigenvalue weighted by Crippen LogP contribution is -2.18. The number of rotatable bonds is 11. The Morgan fingerprint density at radius 2 is 0.952 bits per heavy atom. The van der Waals surface area contributed by atoms with Crippen LogP contribution in [0.3, 0.4) is 0 Å². The highest BCUT2D eigenvalue weighted by Gasteiger charge is 2.17. The lowest BCUT2D eigenvalue weighted by Gasteiger charge is -2.10. The molecule has 2 aromatic carbocycles. The van der Waals surface area contributed by atoms with Gasteiger partial charge < -0.3 is 10.6 Å². The zero-order chi connectivity index (χ0) is 30.3. The molecule has 16 heteroatoms. The summed E-state index contributed by atoms with van der Waals surface area (Å²) in [7, 11) is -7.87. The zero-order valence-corrected chi connectivity index (χ0v) is 24.0. The minimum Gasteiger partial charge on any atom is -0.326 e. The fourth-order valence-corrected chi connectivity index (χ4v) is 5.37. The zero-order valence-electron chi connectivity index (χ0n) is 22.4. The molecule has 0 spiro atoms. The monoisotopic (exact) mass is 610 g/mol. The van der Waals surface area contributed by atoms with Gasteiger partial charge in [-0.3, -0.25) is 9.59 Å². The summed E-state index contributed by atoms with van der Waals surface area (Å²) in [6.07, 6.45) is 2.57. The maximum atomic E-state index is 12.6. The Morgan fingerprint density at radius 3 is 1.29 bits per heavy atom. The summed E-state index contributed by atoms with van der Waals surface area (Å²) in [5.41, 5.74) is 1.88. The van der Waals surface area contributed by atoms with Gasteiger partial charge in [-0.2, -0.15) is 0 Å². The molecular formula is C26H26N8O6S2. The largest absolute Gasteiger partial charge is 0.326 e. The van der Waals surface area contributed by atoms with Crippen molar-refractivity contribution in [3.63, 3.8) is 0 Å². The Hall–Kier alpha value is -4.96. The Balaban J connectivity index is 1.25. The molecule has 0 saturated carbocycles. The van der Waals surface area contributed by atoms with E-state index in [1.165, 1.54) is 60.9 Å². The highest BCUT2D eigenvalue weighted by Crippen LogP contribution is 2.19. The van der Waals surface area contributed by atoms with Gasteiger partial charge in [0.05, 0.1) is 9.79 Å². The van der Waals surface area contributed by atoms with Crippen molar-refractivity contribution < 1.29 is 26.4 Å². The lowest BCUT2D eigenvalue weighted by atomic mass is 10.2. The van der Waals surface area contributed by atoms with Gasteiger partial charge in [0.15, 0.2) is 0 Å². The van der Waals surface area contributed by atoms with Crippen LogP contribution in [0.1, 0.15) is 24.2 Å². The maximum absolute atomic E-state index is 12.6. The lowest BCUT2D eigenvalue weighted by molar-refractivity contribution is -0.121. The van der Waals surface area contributed by atoms with E-state index < -0.39 is 31.9 Å². The van der Waals surface area contributed by atoms with Gasteiger partial charge in [-0.15, -0.1) is 0 Å². The Bertz CT molecular complexity index is 1680. The van der Waals surface area contributed by atoms with E-state index in [4.69, 9.17) is 0 Å². The first-order valence-corrected chi connectivity index (χ1v) is 15.3. The number of amides is 2. The smallest absolute Gasteiger partial charge is 0.264 e. The molecule has 0 atom stereocenters. The Labute approximate surface area is 242 Å². The summed E-state index contributed by atoms with van der Waals surface area (Å²) in [6.45, 7) is 3.41. The predicted octanol–water partition coefficient (Wildman–Crippen LogP) is 2.84. The molecule has 0 aliphatic heterocycles.